The van der Waals surface area contributed by atoms with Crippen LogP contribution in [0, 0.1) is 10.1 Å². The Morgan fingerprint density at radius 1 is 1.06 bits per heavy atom. The number of carbonyl (C=O) groups excluding carboxylic acids is 1. The molecule has 4 aromatic rings. The number of benzene rings is 2. The number of rotatable bonds is 5. The Bertz CT molecular complexity index is 1520. The summed E-state index contributed by atoms with van der Waals surface area (Å²) in [6, 6.07) is 13.8. The number of nitro benzene ring substituents is 1. The Labute approximate surface area is 194 Å². The smallest absolute Gasteiger partial charge is 0.281 e. The highest BCUT2D eigenvalue weighted by Gasteiger charge is 2.18. The number of hydrogen-bond acceptors (Lipinski definition) is 6. The zero-order chi connectivity index (χ0) is 22.8. The number of H-pyrrole nitrogens is 1. The minimum Gasteiger partial charge on any atom is -0.456 e. The number of furan rings is 1. The number of hydrogen-bond donors (Lipinski definition) is 1. The van der Waals surface area contributed by atoms with Crippen molar-refractivity contribution < 1.29 is 14.1 Å². The summed E-state index contributed by atoms with van der Waals surface area (Å²) < 4.78 is 6.38. The molecule has 7 nitrogen and oxygen atoms in total. The third-order valence-corrected chi connectivity index (χ3v) is 5.84. The fourth-order valence-electron chi connectivity index (χ4n) is 2.91. The molecule has 2 aromatic carbocycles. The van der Waals surface area contributed by atoms with Crippen molar-refractivity contribution in [1.82, 2.24) is 4.98 Å². The first-order valence-corrected chi connectivity index (χ1v) is 10.6. The normalized spacial score (nSPS) is 12.3. The molecular formula is C22H12Cl2N2O5S. The van der Waals surface area contributed by atoms with E-state index in [9.17, 15) is 19.7 Å². The summed E-state index contributed by atoms with van der Waals surface area (Å²) in [6.45, 7) is 0. The van der Waals surface area contributed by atoms with Crippen molar-refractivity contribution in [2.24, 2.45) is 0 Å². The van der Waals surface area contributed by atoms with Crippen molar-refractivity contribution in [3.8, 4) is 11.3 Å². The second-order valence-electron chi connectivity index (χ2n) is 6.57. The number of nitrogens with zero attached hydrogens (tertiary/aromatic N) is 1. The van der Waals surface area contributed by atoms with E-state index in [1.54, 1.807) is 36.4 Å². The molecule has 0 saturated carbocycles. The zero-order valence-corrected chi connectivity index (χ0v) is 18.3. The topological polar surface area (TPSA) is 106 Å². The highest BCUT2D eigenvalue weighted by molar-refractivity contribution is 7.07. The predicted molar refractivity (Wildman–Crippen MR) is 124 cm³/mol. The number of Topliss-reactive ketones (excluding diaryl/α,β-unsaturated/α-hetero) is 1. The van der Waals surface area contributed by atoms with Crippen LogP contribution in [0.25, 0.3) is 23.5 Å². The van der Waals surface area contributed by atoms with Gasteiger partial charge in [-0.2, -0.15) is 0 Å². The highest BCUT2D eigenvalue weighted by atomic mass is 35.5. The first-order chi connectivity index (χ1) is 15.3. The molecule has 0 radical (unpaired) electrons. The summed E-state index contributed by atoms with van der Waals surface area (Å²) in [6.07, 6.45) is 2.83. The molecule has 0 aliphatic rings. The molecule has 32 heavy (non-hydrogen) atoms. The van der Waals surface area contributed by atoms with E-state index in [1.165, 1.54) is 30.4 Å². The van der Waals surface area contributed by atoms with Gasteiger partial charge in [-0.3, -0.25) is 19.7 Å². The average Bonchev–Trinajstić information content (AvgIpc) is 3.35. The van der Waals surface area contributed by atoms with Crippen LogP contribution >= 0.6 is 34.5 Å². The van der Waals surface area contributed by atoms with Crippen molar-refractivity contribution in [1.29, 1.82) is 0 Å². The van der Waals surface area contributed by atoms with Crippen molar-refractivity contribution in [3.63, 3.8) is 0 Å². The third kappa shape index (κ3) is 4.72. The van der Waals surface area contributed by atoms with Crippen LogP contribution in [-0.2, 0) is 0 Å². The van der Waals surface area contributed by atoms with Crippen molar-refractivity contribution in [3.05, 3.63) is 106 Å². The minimum absolute atomic E-state index is 0.190. The molecule has 0 saturated heterocycles. The number of thiazole rings is 1. The van der Waals surface area contributed by atoms with E-state index < -0.39 is 4.92 Å². The Hall–Kier alpha value is -3.46. The fourth-order valence-corrected chi connectivity index (χ4v) is 4.07. The van der Waals surface area contributed by atoms with Gasteiger partial charge in [-0.05, 0) is 48.5 Å². The number of carbonyl (C=O) groups is 1. The second-order valence-corrected chi connectivity index (χ2v) is 8.52. The minimum atomic E-state index is -0.545. The third-order valence-electron chi connectivity index (χ3n) is 4.39. The fraction of sp³-hybridized carbons (Fsp3) is 0. The van der Waals surface area contributed by atoms with Gasteiger partial charge >= 0.3 is 0 Å². The van der Waals surface area contributed by atoms with Crippen LogP contribution in [0.4, 0.5) is 5.69 Å². The van der Waals surface area contributed by atoms with Crippen LogP contribution < -0.4 is 14.8 Å². The zero-order valence-electron chi connectivity index (χ0n) is 16.0. The van der Waals surface area contributed by atoms with Crippen molar-refractivity contribution in [2.45, 2.75) is 0 Å². The first kappa shape index (κ1) is 21.8. The van der Waals surface area contributed by atoms with Crippen LogP contribution in [0.3, 0.4) is 0 Å². The molecule has 160 valence electrons. The van der Waals surface area contributed by atoms with Crippen LogP contribution in [-0.4, -0.2) is 15.7 Å². The molecular weight excluding hydrogens is 475 g/mol. The highest BCUT2D eigenvalue weighted by Crippen LogP contribution is 2.33. The molecule has 0 aliphatic heterocycles. The van der Waals surface area contributed by atoms with E-state index in [4.69, 9.17) is 27.6 Å². The maximum atomic E-state index is 12.4. The van der Waals surface area contributed by atoms with Crippen LogP contribution in [0.1, 0.15) is 16.1 Å². The number of aromatic amines is 1. The lowest BCUT2D eigenvalue weighted by Gasteiger charge is -2.00. The summed E-state index contributed by atoms with van der Waals surface area (Å²) in [7, 11) is 0. The van der Waals surface area contributed by atoms with Gasteiger partial charge in [-0.15, -0.1) is 11.3 Å². The number of ketones is 1. The Morgan fingerprint density at radius 2 is 1.78 bits per heavy atom. The van der Waals surface area contributed by atoms with Crippen LogP contribution in [0.15, 0.2) is 63.8 Å². The van der Waals surface area contributed by atoms with Gasteiger partial charge < -0.3 is 9.40 Å². The Morgan fingerprint density at radius 3 is 2.50 bits per heavy atom. The standard InChI is InChI=1S/C22H12Cl2N2O5S/c23-13-3-1-12(2-4-13)18(27)11-21-25-22(28)20(32-21)10-15-6-8-19(31-15)16-7-5-14(24)9-17(16)26(29)30/h1-11H,(H,25,28)/b20-10-,21-11-. The quantitative estimate of drug-likeness (QED) is 0.255. The summed E-state index contributed by atoms with van der Waals surface area (Å²) in [5.41, 5.74) is 0.127. The molecule has 2 aromatic heterocycles. The molecule has 0 unspecified atom stereocenters. The van der Waals surface area contributed by atoms with E-state index in [0.29, 0.717) is 25.5 Å². The van der Waals surface area contributed by atoms with Crippen molar-refractivity contribution >= 4 is 58.2 Å². The van der Waals surface area contributed by atoms with E-state index in [0.717, 1.165) is 11.3 Å². The first-order valence-electron chi connectivity index (χ1n) is 9.07. The Kier molecular flexibility index (Phi) is 6.09. The Balaban J connectivity index is 1.67. The van der Waals surface area contributed by atoms with Crippen molar-refractivity contribution in [2.75, 3.05) is 0 Å². The number of nitrogens with one attached hydrogen (secondary N) is 1. The molecule has 0 bridgehead atoms. The summed E-state index contributed by atoms with van der Waals surface area (Å²) >= 11 is 12.8. The molecule has 2 heterocycles. The van der Waals surface area contributed by atoms with Gasteiger partial charge in [-0.25, -0.2) is 0 Å². The lowest BCUT2D eigenvalue weighted by Crippen LogP contribution is -2.19. The summed E-state index contributed by atoms with van der Waals surface area (Å²) in [5, 5.41) is 12.1. The van der Waals surface area contributed by atoms with E-state index >= 15 is 0 Å². The summed E-state index contributed by atoms with van der Waals surface area (Å²) in [5.74, 6) is 0.311. The lowest BCUT2D eigenvalue weighted by molar-refractivity contribution is -0.384. The molecule has 0 aliphatic carbocycles. The molecule has 0 spiro atoms. The molecule has 0 amide bonds. The van der Waals surface area contributed by atoms with Crippen LogP contribution in [0.5, 0.6) is 0 Å². The summed E-state index contributed by atoms with van der Waals surface area (Å²) in [4.78, 5) is 38.1. The SMILES string of the molecule is O=C(/C=c1/[nH]c(=O)/c(=C/c2ccc(-c3ccc(Cl)cc3[N+](=O)[O-])o2)s1)c1ccc(Cl)cc1. The lowest BCUT2D eigenvalue weighted by atomic mass is 10.1. The molecule has 10 heteroatoms. The van der Waals surface area contributed by atoms with E-state index in [2.05, 4.69) is 4.98 Å². The van der Waals surface area contributed by atoms with E-state index in [-0.39, 0.29) is 33.4 Å². The average molecular weight is 487 g/mol. The van der Waals surface area contributed by atoms with E-state index in [1.807, 2.05) is 0 Å². The number of halogens is 2. The predicted octanol–water partition coefficient (Wildman–Crippen LogP) is 4.40. The molecule has 4 rings (SSSR count). The number of nitro groups is 1. The van der Waals surface area contributed by atoms with Crippen LogP contribution in [0.2, 0.25) is 10.0 Å². The molecule has 0 atom stereocenters. The van der Waals surface area contributed by atoms with Gasteiger partial charge in [0, 0.05) is 33.8 Å². The number of aromatic nitrogens is 1. The maximum absolute atomic E-state index is 12.4. The van der Waals surface area contributed by atoms with Gasteiger partial charge in [-0.1, -0.05) is 23.2 Å². The van der Waals surface area contributed by atoms with Gasteiger partial charge in [0.05, 0.1) is 19.7 Å². The second kappa shape index (κ2) is 8.96. The molecule has 1 N–H and O–H groups in total. The molecule has 0 fully saturated rings. The van der Waals surface area contributed by atoms with Gasteiger partial charge in [0.25, 0.3) is 11.2 Å². The maximum Gasteiger partial charge on any atom is 0.281 e. The monoisotopic (exact) mass is 486 g/mol. The largest absolute Gasteiger partial charge is 0.456 e. The van der Waals surface area contributed by atoms with Gasteiger partial charge in [0.15, 0.2) is 5.78 Å². The van der Waals surface area contributed by atoms with Gasteiger partial charge in [0.1, 0.15) is 11.5 Å². The van der Waals surface area contributed by atoms with Gasteiger partial charge in [0.2, 0.25) is 0 Å².